The minimum absolute atomic E-state index is 0.0952. The smallest absolute Gasteiger partial charge is 0.251 e. The zero-order valence-corrected chi connectivity index (χ0v) is 14.7. The molecule has 1 aromatic carbocycles. The Balaban J connectivity index is 1.47. The first-order valence-electron chi connectivity index (χ1n) is 9.06. The van der Waals surface area contributed by atoms with Gasteiger partial charge in [0.05, 0.1) is 5.41 Å². The second kappa shape index (κ2) is 7.52. The summed E-state index contributed by atoms with van der Waals surface area (Å²) in [5.74, 6) is -0.203. The summed E-state index contributed by atoms with van der Waals surface area (Å²) in [6, 6.07) is 4.42. The molecule has 2 atom stereocenters. The molecule has 136 valence electrons. The van der Waals surface area contributed by atoms with E-state index in [1.165, 1.54) is 12.5 Å². The molecule has 0 unspecified atom stereocenters. The molecule has 0 bridgehead atoms. The van der Waals surface area contributed by atoms with Crippen LogP contribution in [-0.4, -0.2) is 38.0 Å². The van der Waals surface area contributed by atoms with Gasteiger partial charge in [-0.05, 0) is 49.9 Å². The maximum absolute atomic E-state index is 13.5. The topological polar surface area (TPSA) is 70.2 Å². The molecular weight excluding hydrogens is 321 g/mol. The molecule has 2 amide bonds. The summed E-state index contributed by atoms with van der Waals surface area (Å²) in [5.41, 5.74) is 0.526. The van der Waals surface area contributed by atoms with E-state index in [9.17, 15) is 14.0 Å². The zero-order chi connectivity index (χ0) is 17.9. The summed E-state index contributed by atoms with van der Waals surface area (Å²) >= 11 is 0. The second-order valence-corrected chi connectivity index (χ2v) is 7.21. The quantitative estimate of drug-likeness (QED) is 0.711. The molecule has 0 aromatic heterocycles. The van der Waals surface area contributed by atoms with Gasteiger partial charge in [-0.3, -0.25) is 9.59 Å². The van der Waals surface area contributed by atoms with Gasteiger partial charge >= 0.3 is 0 Å². The fourth-order valence-electron chi connectivity index (χ4n) is 4.05. The summed E-state index contributed by atoms with van der Waals surface area (Å²) in [5, 5.41) is 9.06. The maximum atomic E-state index is 13.5. The van der Waals surface area contributed by atoms with Crippen LogP contribution in [0.5, 0.6) is 0 Å². The summed E-state index contributed by atoms with van der Waals surface area (Å²) in [6.07, 6.45) is 4.34. The van der Waals surface area contributed by atoms with E-state index in [0.717, 1.165) is 32.4 Å². The molecule has 0 spiro atoms. The first-order chi connectivity index (χ1) is 12.0. The molecule has 1 saturated carbocycles. The number of nitrogens with one attached hydrogen (secondary N) is 3. The van der Waals surface area contributed by atoms with Crippen LogP contribution in [0.1, 0.15) is 41.6 Å². The van der Waals surface area contributed by atoms with Gasteiger partial charge in [0.1, 0.15) is 5.82 Å². The van der Waals surface area contributed by atoms with Crippen molar-refractivity contribution in [1.82, 2.24) is 16.0 Å². The molecule has 3 rings (SSSR count). The lowest BCUT2D eigenvalue weighted by atomic mass is 9.67. The van der Waals surface area contributed by atoms with Gasteiger partial charge in [0.15, 0.2) is 0 Å². The number of amides is 2. The molecule has 1 aliphatic carbocycles. The van der Waals surface area contributed by atoms with Crippen molar-refractivity contribution in [3.63, 3.8) is 0 Å². The van der Waals surface area contributed by atoms with Gasteiger partial charge < -0.3 is 16.0 Å². The molecule has 1 aliphatic heterocycles. The van der Waals surface area contributed by atoms with Crippen molar-refractivity contribution in [2.24, 2.45) is 11.3 Å². The van der Waals surface area contributed by atoms with Crippen LogP contribution in [0.3, 0.4) is 0 Å². The Hall–Kier alpha value is -1.95. The number of aryl methyl sites for hydroxylation is 1. The minimum atomic E-state index is -0.392. The molecule has 2 aliphatic rings. The fourth-order valence-corrected chi connectivity index (χ4v) is 4.05. The van der Waals surface area contributed by atoms with E-state index in [-0.39, 0.29) is 17.2 Å². The van der Waals surface area contributed by atoms with Gasteiger partial charge in [0.25, 0.3) is 5.91 Å². The van der Waals surface area contributed by atoms with Gasteiger partial charge in [-0.1, -0.05) is 18.9 Å². The van der Waals surface area contributed by atoms with Crippen LogP contribution >= 0.6 is 0 Å². The van der Waals surface area contributed by atoms with Gasteiger partial charge in [0, 0.05) is 25.2 Å². The molecule has 25 heavy (non-hydrogen) atoms. The summed E-state index contributed by atoms with van der Waals surface area (Å²) in [6.45, 7) is 4.03. The monoisotopic (exact) mass is 347 g/mol. The summed E-state index contributed by atoms with van der Waals surface area (Å²) < 4.78 is 13.5. The van der Waals surface area contributed by atoms with Crippen molar-refractivity contribution >= 4 is 11.8 Å². The zero-order valence-electron chi connectivity index (χ0n) is 14.7. The first-order valence-corrected chi connectivity index (χ1v) is 9.06. The van der Waals surface area contributed by atoms with Gasteiger partial charge in [0.2, 0.25) is 5.91 Å². The minimum Gasteiger partial charge on any atom is -0.354 e. The summed E-state index contributed by atoms with van der Waals surface area (Å²) in [7, 11) is 0. The Bertz CT molecular complexity index is 664. The second-order valence-electron chi connectivity index (χ2n) is 7.21. The van der Waals surface area contributed by atoms with E-state index in [0.29, 0.717) is 30.1 Å². The highest BCUT2D eigenvalue weighted by atomic mass is 19.1. The number of carbonyl (C=O) groups excluding carboxylic acids is 2. The van der Waals surface area contributed by atoms with E-state index in [1.807, 2.05) is 0 Å². The van der Waals surface area contributed by atoms with Crippen LogP contribution < -0.4 is 16.0 Å². The van der Waals surface area contributed by atoms with Crippen LogP contribution in [0.15, 0.2) is 18.2 Å². The number of rotatable bonds is 5. The van der Waals surface area contributed by atoms with Crippen molar-refractivity contribution in [1.29, 1.82) is 0 Å². The molecule has 1 saturated heterocycles. The molecule has 1 aromatic rings. The van der Waals surface area contributed by atoms with Crippen molar-refractivity contribution in [2.75, 3.05) is 26.2 Å². The van der Waals surface area contributed by atoms with Crippen LogP contribution in [0.4, 0.5) is 4.39 Å². The van der Waals surface area contributed by atoms with E-state index in [1.54, 1.807) is 19.1 Å². The number of halogens is 1. The molecular formula is C19H26FN3O2. The third-order valence-corrected chi connectivity index (χ3v) is 5.62. The van der Waals surface area contributed by atoms with E-state index >= 15 is 0 Å². The largest absolute Gasteiger partial charge is 0.354 e. The fraction of sp³-hybridized carbons (Fsp3) is 0.579. The average molecular weight is 347 g/mol. The number of hydrogen-bond donors (Lipinski definition) is 3. The highest BCUT2D eigenvalue weighted by Crippen LogP contribution is 2.43. The molecule has 6 heteroatoms. The molecule has 1 heterocycles. The highest BCUT2D eigenvalue weighted by Gasteiger charge is 2.49. The van der Waals surface area contributed by atoms with E-state index < -0.39 is 5.82 Å². The Morgan fingerprint density at radius 1 is 1.28 bits per heavy atom. The third kappa shape index (κ3) is 3.68. The van der Waals surface area contributed by atoms with Gasteiger partial charge in [-0.2, -0.15) is 0 Å². The lowest BCUT2D eigenvalue weighted by Crippen LogP contribution is -2.49. The van der Waals surface area contributed by atoms with E-state index in [4.69, 9.17) is 0 Å². The molecule has 2 fully saturated rings. The van der Waals surface area contributed by atoms with Crippen molar-refractivity contribution in [3.8, 4) is 0 Å². The predicted molar refractivity (Wildman–Crippen MR) is 93.7 cm³/mol. The van der Waals surface area contributed by atoms with Crippen LogP contribution in [-0.2, 0) is 4.79 Å². The number of fused-ring (bicyclic) bond motifs is 1. The Morgan fingerprint density at radius 3 is 2.88 bits per heavy atom. The standard InChI is InChI=1S/C19H26FN3O2/c1-13-5-6-14(10-16(13)20)17(24)22-8-9-23-18(25)19-7-3-2-4-15(19)11-21-12-19/h5-6,10,15,21H,2-4,7-9,11-12H2,1H3,(H,22,24)(H,23,25)/t15-,19+/m0/s1. The Morgan fingerprint density at radius 2 is 2.08 bits per heavy atom. The van der Waals surface area contributed by atoms with Crippen molar-refractivity contribution in [2.45, 2.75) is 32.6 Å². The SMILES string of the molecule is Cc1ccc(C(=O)NCCNC(=O)[C@@]23CCCC[C@H]2CNC3)cc1F. The van der Waals surface area contributed by atoms with Crippen molar-refractivity contribution in [3.05, 3.63) is 35.1 Å². The lowest BCUT2D eigenvalue weighted by Gasteiger charge is -2.37. The first kappa shape index (κ1) is 17.9. The van der Waals surface area contributed by atoms with Gasteiger partial charge in [-0.25, -0.2) is 4.39 Å². The highest BCUT2D eigenvalue weighted by molar-refractivity contribution is 5.94. The maximum Gasteiger partial charge on any atom is 0.251 e. The van der Waals surface area contributed by atoms with E-state index in [2.05, 4.69) is 16.0 Å². The number of hydrogen-bond acceptors (Lipinski definition) is 3. The Kier molecular flexibility index (Phi) is 5.37. The normalized spacial score (nSPS) is 25.3. The van der Waals surface area contributed by atoms with Crippen molar-refractivity contribution < 1.29 is 14.0 Å². The number of benzene rings is 1. The van der Waals surface area contributed by atoms with Crippen LogP contribution in [0.25, 0.3) is 0 Å². The molecule has 3 N–H and O–H groups in total. The lowest BCUT2D eigenvalue weighted by molar-refractivity contribution is -0.133. The predicted octanol–water partition coefficient (Wildman–Crippen LogP) is 1.76. The average Bonchev–Trinajstić information content (AvgIpc) is 3.06. The number of carbonyl (C=O) groups is 2. The van der Waals surface area contributed by atoms with Crippen LogP contribution in [0, 0.1) is 24.1 Å². The van der Waals surface area contributed by atoms with Gasteiger partial charge in [-0.15, -0.1) is 0 Å². The summed E-state index contributed by atoms with van der Waals surface area (Å²) in [4.78, 5) is 24.7. The third-order valence-electron chi connectivity index (χ3n) is 5.62. The van der Waals surface area contributed by atoms with Crippen LogP contribution in [0.2, 0.25) is 0 Å². The molecule has 5 nitrogen and oxygen atoms in total. The Labute approximate surface area is 147 Å². The molecule has 0 radical (unpaired) electrons.